The van der Waals surface area contributed by atoms with Gasteiger partial charge >= 0.3 is 6.09 Å². The number of rotatable bonds is 2. The zero-order valence-corrected chi connectivity index (χ0v) is 11.9. The number of nitrogens with zero attached hydrogens (tertiary/aromatic N) is 2. The highest BCUT2D eigenvalue weighted by Gasteiger charge is 2.28. The number of pyridine rings is 1. The number of amides is 1. The molecule has 0 saturated heterocycles. The van der Waals surface area contributed by atoms with Gasteiger partial charge in [-0.3, -0.25) is 9.88 Å². The summed E-state index contributed by atoms with van der Waals surface area (Å²) in [6.07, 6.45) is 1.53. The number of carbonyl (C=O) groups is 1. The molecule has 1 aliphatic heterocycles. The number of hydrogen-bond acceptors (Lipinski definition) is 4. The molecule has 2 heterocycles. The zero-order valence-electron chi connectivity index (χ0n) is 11.9. The summed E-state index contributed by atoms with van der Waals surface area (Å²) in [5.41, 5.74) is 2.61. The van der Waals surface area contributed by atoms with E-state index in [9.17, 15) is 4.79 Å². The molecule has 2 rings (SSSR count). The Hall–Kier alpha value is -1.62. The molecule has 1 aromatic heterocycles. The lowest BCUT2D eigenvalue weighted by Gasteiger charge is -2.24. The van der Waals surface area contributed by atoms with Gasteiger partial charge in [-0.1, -0.05) is 0 Å². The predicted molar refractivity (Wildman–Crippen MR) is 70.4 cm³/mol. The maximum atomic E-state index is 12.0. The normalized spacial score (nSPS) is 14.4. The lowest BCUT2D eigenvalue weighted by atomic mass is 10.1. The Balaban J connectivity index is 2.05. The van der Waals surface area contributed by atoms with Crippen molar-refractivity contribution in [3.8, 4) is 0 Å². The van der Waals surface area contributed by atoms with E-state index >= 15 is 0 Å². The van der Waals surface area contributed by atoms with Crippen LogP contribution in [0.2, 0.25) is 0 Å². The van der Waals surface area contributed by atoms with Crippen molar-refractivity contribution in [1.82, 2.24) is 9.88 Å². The highest BCUT2D eigenvalue weighted by Crippen LogP contribution is 2.24. The van der Waals surface area contributed by atoms with Gasteiger partial charge in [0.1, 0.15) is 5.60 Å². The number of carbonyl (C=O) groups excluding carboxylic acids is 1. The van der Waals surface area contributed by atoms with Crippen LogP contribution < -0.4 is 0 Å². The molecule has 0 fully saturated rings. The minimum atomic E-state index is -0.467. The second-order valence-corrected chi connectivity index (χ2v) is 5.71. The van der Waals surface area contributed by atoms with E-state index in [4.69, 9.17) is 9.47 Å². The van der Waals surface area contributed by atoms with Crippen molar-refractivity contribution in [2.24, 2.45) is 0 Å². The molecule has 19 heavy (non-hydrogen) atoms. The molecule has 0 spiro atoms. The van der Waals surface area contributed by atoms with Crippen LogP contribution in [-0.2, 0) is 29.2 Å². The molecule has 0 saturated carbocycles. The Labute approximate surface area is 113 Å². The van der Waals surface area contributed by atoms with Crippen LogP contribution in [0.25, 0.3) is 0 Å². The number of hydrogen-bond donors (Lipinski definition) is 0. The maximum Gasteiger partial charge on any atom is 0.410 e. The van der Waals surface area contributed by atoms with E-state index in [1.165, 1.54) is 0 Å². The first-order valence-electron chi connectivity index (χ1n) is 6.32. The minimum absolute atomic E-state index is 0.281. The fourth-order valence-corrected chi connectivity index (χ4v) is 2.01. The lowest BCUT2D eigenvalue weighted by Crippen LogP contribution is -2.33. The summed E-state index contributed by atoms with van der Waals surface area (Å²) in [5, 5.41) is 0. The topological polar surface area (TPSA) is 51.7 Å². The quantitative estimate of drug-likeness (QED) is 0.823. The van der Waals surface area contributed by atoms with Gasteiger partial charge in [-0.2, -0.15) is 0 Å². The second kappa shape index (κ2) is 5.17. The third-order valence-electron chi connectivity index (χ3n) is 2.81. The van der Waals surface area contributed by atoms with E-state index in [-0.39, 0.29) is 6.09 Å². The fraction of sp³-hybridized carbons (Fsp3) is 0.571. The molecular formula is C14H20N2O3. The van der Waals surface area contributed by atoms with Crippen LogP contribution in [0.4, 0.5) is 4.79 Å². The Kier molecular flexibility index (Phi) is 3.75. The molecule has 5 nitrogen and oxygen atoms in total. The summed E-state index contributed by atoms with van der Waals surface area (Å²) in [4.78, 5) is 18.0. The first kappa shape index (κ1) is 13.8. The third kappa shape index (κ3) is 3.44. The number of aromatic nitrogens is 1. The van der Waals surface area contributed by atoms with Crippen LogP contribution in [0.15, 0.2) is 12.3 Å². The molecular weight excluding hydrogens is 244 g/mol. The average Bonchev–Trinajstić information content (AvgIpc) is 2.70. The van der Waals surface area contributed by atoms with E-state index in [0.717, 1.165) is 16.8 Å². The molecule has 0 radical (unpaired) electrons. The molecule has 0 atom stereocenters. The van der Waals surface area contributed by atoms with Gasteiger partial charge in [0.15, 0.2) is 0 Å². The van der Waals surface area contributed by atoms with Gasteiger partial charge < -0.3 is 9.47 Å². The van der Waals surface area contributed by atoms with Gasteiger partial charge in [0, 0.05) is 19.9 Å². The van der Waals surface area contributed by atoms with E-state index < -0.39 is 5.60 Å². The third-order valence-corrected chi connectivity index (χ3v) is 2.81. The van der Waals surface area contributed by atoms with Crippen LogP contribution in [0, 0.1) is 0 Å². The van der Waals surface area contributed by atoms with Crippen molar-refractivity contribution >= 4 is 6.09 Å². The second-order valence-electron chi connectivity index (χ2n) is 5.71. The van der Waals surface area contributed by atoms with Gasteiger partial charge in [0.05, 0.1) is 18.8 Å². The zero-order chi connectivity index (χ0) is 14.0. The molecule has 1 aromatic rings. The monoisotopic (exact) mass is 264 g/mol. The van der Waals surface area contributed by atoms with Gasteiger partial charge in [-0.15, -0.1) is 0 Å². The molecule has 0 bridgehead atoms. The highest BCUT2D eigenvalue weighted by atomic mass is 16.6. The first-order valence-corrected chi connectivity index (χ1v) is 6.32. The van der Waals surface area contributed by atoms with Crippen molar-refractivity contribution in [3.05, 3.63) is 29.1 Å². The van der Waals surface area contributed by atoms with Gasteiger partial charge in [0.25, 0.3) is 0 Å². The van der Waals surface area contributed by atoms with Crippen LogP contribution in [0.3, 0.4) is 0 Å². The lowest BCUT2D eigenvalue weighted by molar-refractivity contribution is 0.0242. The molecule has 0 N–H and O–H groups in total. The van der Waals surface area contributed by atoms with Crippen LogP contribution in [0.1, 0.15) is 37.6 Å². The first-order chi connectivity index (χ1) is 8.89. The van der Waals surface area contributed by atoms with E-state index in [1.54, 1.807) is 12.0 Å². The summed E-state index contributed by atoms with van der Waals surface area (Å²) in [6, 6.07) is 1.99. The maximum absolute atomic E-state index is 12.0. The number of ether oxygens (including phenoxy) is 2. The van der Waals surface area contributed by atoms with Crippen LogP contribution in [-0.4, -0.2) is 28.7 Å². The molecule has 0 unspecified atom stereocenters. The van der Waals surface area contributed by atoms with Gasteiger partial charge in [0.2, 0.25) is 0 Å². The Morgan fingerprint density at radius 1 is 1.37 bits per heavy atom. The predicted octanol–water partition coefficient (Wildman–Crippen LogP) is 2.48. The summed E-state index contributed by atoms with van der Waals surface area (Å²) >= 11 is 0. The molecule has 1 amide bonds. The summed E-state index contributed by atoms with van der Waals surface area (Å²) in [6.45, 7) is 7.22. The molecule has 0 aliphatic carbocycles. The van der Waals surface area contributed by atoms with Gasteiger partial charge in [-0.05, 0) is 38.0 Å². The summed E-state index contributed by atoms with van der Waals surface area (Å²) in [5.74, 6) is 0. The van der Waals surface area contributed by atoms with E-state index in [1.807, 2.05) is 33.0 Å². The van der Waals surface area contributed by atoms with E-state index in [2.05, 4.69) is 4.98 Å². The van der Waals surface area contributed by atoms with Crippen LogP contribution in [0.5, 0.6) is 0 Å². The molecule has 5 heteroatoms. The van der Waals surface area contributed by atoms with Crippen LogP contribution >= 0.6 is 0 Å². The summed E-state index contributed by atoms with van der Waals surface area (Å²) < 4.78 is 10.4. The minimum Gasteiger partial charge on any atom is -0.444 e. The SMILES string of the molecule is COCc1cc2c(cn1)CN(C(=O)OC(C)(C)C)C2. The standard InChI is InChI=1S/C14H20N2O3/c1-14(2,3)19-13(17)16-7-10-5-12(9-18-4)15-6-11(10)8-16/h5-6H,7-9H2,1-4H3. The smallest absolute Gasteiger partial charge is 0.410 e. The van der Waals surface area contributed by atoms with Crippen molar-refractivity contribution in [3.63, 3.8) is 0 Å². The van der Waals surface area contributed by atoms with Crippen molar-refractivity contribution in [1.29, 1.82) is 0 Å². The highest BCUT2D eigenvalue weighted by molar-refractivity contribution is 5.69. The van der Waals surface area contributed by atoms with Crippen molar-refractivity contribution in [2.45, 2.75) is 46.1 Å². The number of fused-ring (bicyclic) bond motifs is 1. The molecule has 104 valence electrons. The Morgan fingerprint density at radius 3 is 2.68 bits per heavy atom. The fourth-order valence-electron chi connectivity index (χ4n) is 2.01. The molecule has 1 aliphatic rings. The molecule has 0 aromatic carbocycles. The average molecular weight is 264 g/mol. The van der Waals surface area contributed by atoms with E-state index in [0.29, 0.717) is 19.7 Å². The number of methoxy groups -OCH3 is 1. The summed E-state index contributed by atoms with van der Waals surface area (Å²) in [7, 11) is 1.64. The van der Waals surface area contributed by atoms with Crippen molar-refractivity contribution in [2.75, 3.05) is 7.11 Å². The Bertz CT molecular complexity index is 480. The van der Waals surface area contributed by atoms with Gasteiger partial charge in [-0.25, -0.2) is 4.79 Å². The largest absolute Gasteiger partial charge is 0.444 e. The van der Waals surface area contributed by atoms with Crippen molar-refractivity contribution < 1.29 is 14.3 Å². The Morgan fingerprint density at radius 2 is 2.05 bits per heavy atom.